The van der Waals surface area contributed by atoms with E-state index in [9.17, 15) is 13.2 Å². The number of para-hydroxylation sites is 2. The zero-order chi connectivity index (χ0) is 19.7. The van der Waals surface area contributed by atoms with Gasteiger partial charge in [-0.25, -0.2) is 13.4 Å². The maximum absolute atomic E-state index is 12.9. The van der Waals surface area contributed by atoms with Crippen molar-refractivity contribution < 1.29 is 13.2 Å². The van der Waals surface area contributed by atoms with Crippen molar-refractivity contribution in [3.8, 4) is 0 Å². The lowest BCUT2D eigenvalue weighted by molar-refractivity contribution is -0.120. The minimum absolute atomic E-state index is 0.136. The third-order valence-electron chi connectivity index (χ3n) is 4.84. The first kappa shape index (κ1) is 18.9. The lowest BCUT2D eigenvalue weighted by Gasteiger charge is -2.31. The summed E-state index contributed by atoms with van der Waals surface area (Å²) >= 11 is 5.85. The van der Waals surface area contributed by atoms with Crippen LogP contribution in [0.4, 0.5) is 5.95 Å². The van der Waals surface area contributed by atoms with Crippen LogP contribution in [0.2, 0.25) is 5.02 Å². The van der Waals surface area contributed by atoms with Gasteiger partial charge in [-0.1, -0.05) is 23.7 Å². The number of rotatable bonds is 4. The second-order valence-corrected chi connectivity index (χ2v) is 9.12. The van der Waals surface area contributed by atoms with Gasteiger partial charge in [-0.2, -0.15) is 4.31 Å². The van der Waals surface area contributed by atoms with Gasteiger partial charge in [0.2, 0.25) is 21.9 Å². The van der Waals surface area contributed by atoms with Gasteiger partial charge in [-0.15, -0.1) is 0 Å². The van der Waals surface area contributed by atoms with E-state index in [4.69, 9.17) is 11.6 Å². The van der Waals surface area contributed by atoms with Gasteiger partial charge in [-0.05, 0) is 49.2 Å². The van der Waals surface area contributed by atoms with Crippen LogP contribution >= 0.6 is 11.6 Å². The van der Waals surface area contributed by atoms with Gasteiger partial charge < -0.3 is 4.98 Å². The molecule has 1 fully saturated rings. The van der Waals surface area contributed by atoms with E-state index in [0.29, 0.717) is 30.4 Å². The number of carbonyl (C=O) groups is 1. The Morgan fingerprint density at radius 2 is 1.93 bits per heavy atom. The van der Waals surface area contributed by atoms with E-state index >= 15 is 0 Å². The number of fused-ring (bicyclic) bond motifs is 1. The first-order chi connectivity index (χ1) is 13.4. The molecule has 1 atom stereocenters. The van der Waals surface area contributed by atoms with Crippen LogP contribution in [0.1, 0.15) is 12.8 Å². The van der Waals surface area contributed by atoms with Crippen LogP contribution in [0.3, 0.4) is 0 Å². The fraction of sp³-hybridized carbons (Fsp3) is 0.263. The molecule has 0 aliphatic carbocycles. The number of nitrogens with zero attached hydrogens (tertiary/aromatic N) is 2. The lowest BCUT2D eigenvalue weighted by Crippen LogP contribution is -2.43. The zero-order valence-electron chi connectivity index (χ0n) is 14.9. The number of aromatic nitrogens is 2. The Hall–Kier alpha value is -2.42. The molecule has 0 unspecified atom stereocenters. The van der Waals surface area contributed by atoms with Crippen molar-refractivity contribution in [3.05, 3.63) is 53.6 Å². The van der Waals surface area contributed by atoms with E-state index in [2.05, 4.69) is 15.3 Å². The number of imidazole rings is 1. The number of sulfonamides is 1. The smallest absolute Gasteiger partial charge is 0.243 e. The molecule has 0 spiro atoms. The molecule has 146 valence electrons. The molecule has 1 aliphatic rings. The summed E-state index contributed by atoms with van der Waals surface area (Å²) < 4.78 is 27.1. The summed E-state index contributed by atoms with van der Waals surface area (Å²) in [5.74, 6) is -0.317. The summed E-state index contributed by atoms with van der Waals surface area (Å²) in [6.07, 6.45) is 1.24. The van der Waals surface area contributed by atoms with Gasteiger partial charge in [0, 0.05) is 18.1 Å². The van der Waals surface area contributed by atoms with Crippen LogP contribution in [0, 0.1) is 5.92 Å². The molecule has 2 N–H and O–H groups in total. The molecule has 2 aromatic carbocycles. The van der Waals surface area contributed by atoms with Crippen LogP contribution in [-0.4, -0.2) is 41.7 Å². The molecule has 3 aromatic rings. The first-order valence-corrected chi connectivity index (χ1v) is 10.8. The van der Waals surface area contributed by atoms with Crippen molar-refractivity contribution in [2.75, 3.05) is 18.4 Å². The predicted octanol–water partition coefficient (Wildman–Crippen LogP) is 3.26. The third-order valence-corrected chi connectivity index (χ3v) is 6.97. The molecule has 1 aliphatic heterocycles. The monoisotopic (exact) mass is 418 g/mol. The number of carbonyl (C=O) groups excluding carboxylic acids is 1. The highest BCUT2D eigenvalue weighted by Gasteiger charge is 2.33. The Balaban J connectivity index is 1.48. The van der Waals surface area contributed by atoms with Gasteiger partial charge in [-0.3, -0.25) is 10.1 Å². The summed E-state index contributed by atoms with van der Waals surface area (Å²) in [4.78, 5) is 20.3. The average Bonchev–Trinajstić information content (AvgIpc) is 3.10. The average molecular weight is 419 g/mol. The number of aromatic amines is 1. The van der Waals surface area contributed by atoms with Crippen LogP contribution in [0.5, 0.6) is 0 Å². The molecule has 0 bridgehead atoms. The number of halogens is 1. The highest BCUT2D eigenvalue weighted by molar-refractivity contribution is 7.89. The predicted molar refractivity (Wildman–Crippen MR) is 108 cm³/mol. The van der Waals surface area contributed by atoms with Crippen molar-refractivity contribution in [3.63, 3.8) is 0 Å². The highest BCUT2D eigenvalue weighted by Crippen LogP contribution is 2.25. The number of amides is 1. The Morgan fingerprint density at radius 3 is 2.68 bits per heavy atom. The Bertz CT molecular complexity index is 1080. The molecule has 28 heavy (non-hydrogen) atoms. The highest BCUT2D eigenvalue weighted by atomic mass is 35.5. The van der Waals surface area contributed by atoms with Gasteiger partial charge in [0.05, 0.1) is 21.8 Å². The van der Waals surface area contributed by atoms with Crippen molar-refractivity contribution in [2.24, 2.45) is 5.92 Å². The largest absolute Gasteiger partial charge is 0.324 e. The number of anilines is 1. The SMILES string of the molecule is O=C(Nc1nc2ccccc2[nH]1)[C@H]1CCCN(S(=O)(=O)c2ccc(Cl)cc2)C1. The van der Waals surface area contributed by atoms with Crippen LogP contribution in [-0.2, 0) is 14.8 Å². The molecule has 7 nitrogen and oxygen atoms in total. The maximum atomic E-state index is 12.9. The van der Waals surface area contributed by atoms with Crippen molar-refractivity contribution >= 4 is 44.5 Å². The first-order valence-electron chi connectivity index (χ1n) is 8.95. The van der Waals surface area contributed by atoms with E-state index in [0.717, 1.165) is 11.0 Å². The normalized spacial score (nSPS) is 18.2. The van der Waals surface area contributed by atoms with Crippen LogP contribution < -0.4 is 5.32 Å². The van der Waals surface area contributed by atoms with E-state index in [1.54, 1.807) is 12.1 Å². The summed E-state index contributed by atoms with van der Waals surface area (Å²) in [5, 5.41) is 3.25. The molecule has 0 saturated carbocycles. The Labute approximate surface area is 167 Å². The Morgan fingerprint density at radius 1 is 1.18 bits per heavy atom. The molecule has 1 amide bonds. The van der Waals surface area contributed by atoms with E-state index in [1.807, 2.05) is 24.3 Å². The molecule has 2 heterocycles. The zero-order valence-corrected chi connectivity index (χ0v) is 16.5. The minimum Gasteiger partial charge on any atom is -0.324 e. The quantitative estimate of drug-likeness (QED) is 0.679. The number of H-pyrrole nitrogens is 1. The standard InChI is InChI=1S/C19H19ClN4O3S/c20-14-7-9-15(10-8-14)28(26,27)24-11-3-4-13(12-24)18(25)23-19-21-16-5-1-2-6-17(16)22-19/h1-2,5-10,13H,3-4,11-12H2,(H2,21,22,23,25)/t13-/m0/s1. The number of nitrogens with one attached hydrogen (secondary N) is 2. The molecule has 4 rings (SSSR count). The fourth-order valence-corrected chi connectivity index (χ4v) is 5.01. The number of piperidine rings is 1. The molecule has 0 radical (unpaired) electrons. The molecule has 1 saturated heterocycles. The van der Waals surface area contributed by atoms with Gasteiger partial charge in [0.25, 0.3) is 0 Å². The number of hydrogen-bond donors (Lipinski definition) is 2. The van der Waals surface area contributed by atoms with Crippen molar-refractivity contribution in [1.29, 1.82) is 0 Å². The topological polar surface area (TPSA) is 95.2 Å². The summed E-state index contributed by atoms with van der Waals surface area (Å²) in [6, 6.07) is 13.5. The van der Waals surface area contributed by atoms with Crippen LogP contribution in [0.15, 0.2) is 53.4 Å². The van der Waals surface area contributed by atoms with Gasteiger partial charge >= 0.3 is 0 Å². The Kier molecular flexibility index (Phi) is 5.09. The summed E-state index contributed by atoms with van der Waals surface area (Å²) in [7, 11) is -3.67. The van der Waals surface area contributed by atoms with Crippen molar-refractivity contribution in [1.82, 2.24) is 14.3 Å². The van der Waals surface area contributed by atoms with Crippen LogP contribution in [0.25, 0.3) is 11.0 Å². The maximum Gasteiger partial charge on any atom is 0.243 e. The second-order valence-electron chi connectivity index (χ2n) is 6.75. The minimum atomic E-state index is -3.67. The summed E-state index contributed by atoms with van der Waals surface area (Å²) in [5.41, 5.74) is 1.58. The summed E-state index contributed by atoms with van der Waals surface area (Å²) in [6.45, 7) is 0.524. The lowest BCUT2D eigenvalue weighted by atomic mass is 9.99. The molecule has 1 aromatic heterocycles. The third kappa shape index (κ3) is 3.76. The van der Waals surface area contributed by atoms with E-state index < -0.39 is 15.9 Å². The number of benzene rings is 2. The number of hydrogen-bond acceptors (Lipinski definition) is 4. The van der Waals surface area contributed by atoms with E-state index in [1.165, 1.54) is 16.4 Å². The van der Waals surface area contributed by atoms with E-state index in [-0.39, 0.29) is 17.3 Å². The second kappa shape index (κ2) is 7.54. The molecular formula is C19H19ClN4O3S. The molecular weight excluding hydrogens is 400 g/mol. The fourth-order valence-electron chi connectivity index (χ4n) is 3.36. The van der Waals surface area contributed by atoms with Gasteiger partial charge in [0.15, 0.2) is 0 Å². The van der Waals surface area contributed by atoms with Crippen molar-refractivity contribution in [2.45, 2.75) is 17.7 Å². The van der Waals surface area contributed by atoms with Gasteiger partial charge in [0.1, 0.15) is 0 Å². The molecule has 9 heteroatoms.